The molecule has 1 aromatic rings. The number of nitrogens with one attached hydrogen (secondary N) is 1. The molecule has 0 saturated carbocycles. The minimum absolute atomic E-state index is 0.0272. The highest BCUT2D eigenvalue weighted by Crippen LogP contribution is 2.29. The van der Waals surface area contributed by atoms with Gasteiger partial charge in [-0.3, -0.25) is 0 Å². The Labute approximate surface area is 113 Å². The van der Waals surface area contributed by atoms with Crippen molar-refractivity contribution in [3.05, 3.63) is 23.4 Å². The Morgan fingerprint density at radius 3 is 2.55 bits per heavy atom. The maximum absolute atomic E-state index is 12.5. The maximum atomic E-state index is 12.5. The van der Waals surface area contributed by atoms with E-state index in [-0.39, 0.29) is 30.1 Å². The van der Waals surface area contributed by atoms with Gasteiger partial charge in [-0.2, -0.15) is 18.4 Å². The van der Waals surface area contributed by atoms with Crippen LogP contribution in [0.15, 0.2) is 12.1 Å². The summed E-state index contributed by atoms with van der Waals surface area (Å²) in [7, 11) is -3.63. The Morgan fingerprint density at radius 2 is 2.05 bits per heavy atom. The summed E-state index contributed by atoms with van der Waals surface area (Å²) in [5, 5.41) is 16.0. The molecule has 1 heterocycles. The molecule has 0 aliphatic rings. The summed E-state index contributed by atoms with van der Waals surface area (Å²) in [6.45, 7) is 0.0272. The van der Waals surface area contributed by atoms with Gasteiger partial charge in [0.25, 0.3) is 0 Å². The summed E-state index contributed by atoms with van der Waals surface area (Å²) in [5.74, 6) is -0.558. The largest absolute Gasteiger partial charge is 0.433 e. The number of sulfonamides is 1. The first-order chi connectivity index (χ1) is 9.13. The second kappa shape index (κ2) is 6.06. The van der Waals surface area contributed by atoms with Crippen molar-refractivity contribution in [3.63, 3.8) is 0 Å². The Bertz CT molecular complexity index is 622. The average Bonchev–Trinajstić information content (AvgIpc) is 2.32. The van der Waals surface area contributed by atoms with Crippen LogP contribution < -0.4 is 10.5 Å². The Balaban J connectivity index is 2.80. The monoisotopic (exact) mass is 308 g/mol. The topological polar surface area (TPSA) is 109 Å². The van der Waals surface area contributed by atoms with Crippen LogP contribution in [-0.2, 0) is 16.2 Å². The summed E-state index contributed by atoms with van der Waals surface area (Å²) in [5.41, 5.74) is -1.20. The van der Waals surface area contributed by atoms with Gasteiger partial charge in [0.15, 0.2) is 0 Å². The number of nitriles is 1. The third-order valence-corrected chi connectivity index (χ3v) is 3.06. The number of hydrogen-bond acceptors (Lipinski definition) is 5. The van der Waals surface area contributed by atoms with E-state index >= 15 is 0 Å². The van der Waals surface area contributed by atoms with Gasteiger partial charge in [0.1, 0.15) is 17.6 Å². The molecule has 0 amide bonds. The molecule has 6 nitrogen and oxygen atoms in total. The summed E-state index contributed by atoms with van der Waals surface area (Å²) >= 11 is 0. The predicted octanol–water partition coefficient (Wildman–Crippen LogP) is 1.06. The van der Waals surface area contributed by atoms with Gasteiger partial charge in [0.05, 0.1) is 11.3 Å². The molecule has 0 atom stereocenters. The van der Waals surface area contributed by atoms with Gasteiger partial charge in [0.2, 0.25) is 10.0 Å². The standard InChI is InChI=1S/C10H11F3N4O2S/c11-10(12,13)8-3-2-7(6-14)9(17-8)16-4-1-5-20(15,18)19/h2-3H,1,4-5H2,(H,16,17)(H2,15,18,19). The molecule has 0 aromatic carbocycles. The zero-order valence-electron chi connectivity index (χ0n) is 10.1. The predicted molar refractivity (Wildman–Crippen MR) is 65.0 cm³/mol. The van der Waals surface area contributed by atoms with E-state index in [9.17, 15) is 21.6 Å². The normalized spacial score (nSPS) is 11.9. The summed E-state index contributed by atoms with van der Waals surface area (Å²) in [4.78, 5) is 3.31. The van der Waals surface area contributed by atoms with Gasteiger partial charge in [-0.15, -0.1) is 0 Å². The first-order valence-electron chi connectivity index (χ1n) is 5.36. The SMILES string of the molecule is N#Cc1ccc(C(F)(F)F)nc1NCCCS(N)(=O)=O. The number of primary sulfonamides is 1. The number of pyridine rings is 1. The molecular formula is C10H11F3N4O2S. The minimum atomic E-state index is -4.62. The number of anilines is 1. The number of nitrogens with two attached hydrogens (primary N) is 1. The number of hydrogen-bond donors (Lipinski definition) is 2. The van der Waals surface area contributed by atoms with E-state index in [1.165, 1.54) is 0 Å². The molecule has 0 bridgehead atoms. The molecule has 3 N–H and O–H groups in total. The average molecular weight is 308 g/mol. The maximum Gasteiger partial charge on any atom is 0.433 e. The molecule has 10 heteroatoms. The lowest BCUT2D eigenvalue weighted by molar-refractivity contribution is -0.141. The number of alkyl halides is 3. The van der Waals surface area contributed by atoms with Crippen molar-refractivity contribution in [2.45, 2.75) is 12.6 Å². The van der Waals surface area contributed by atoms with E-state index in [1.54, 1.807) is 6.07 Å². The van der Waals surface area contributed by atoms with Gasteiger partial charge >= 0.3 is 6.18 Å². The van der Waals surface area contributed by atoms with Crippen LogP contribution in [0, 0.1) is 11.3 Å². The third-order valence-electron chi connectivity index (χ3n) is 2.20. The highest BCUT2D eigenvalue weighted by atomic mass is 32.2. The van der Waals surface area contributed by atoms with Crippen molar-refractivity contribution in [2.24, 2.45) is 5.14 Å². The van der Waals surface area contributed by atoms with E-state index in [2.05, 4.69) is 10.3 Å². The van der Waals surface area contributed by atoms with Gasteiger partial charge in [-0.1, -0.05) is 0 Å². The quantitative estimate of drug-likeness (QED) is 0.791. The molecule has 1 aromatic heterocycles. The Morgan fingerprint density at radius 1 is 1.40 bits per heavy atom. The zero-order chi connectivity index (χ0) is 15.4. The Kier molecular flexibility index (Phi) is 4.91. The van der Waals surface area contributed by atoms with Crippen molar-refractivity contribution >= 4 is 15.8 Å². The fraction of sp³-hybridized carbons (Fsp3) is 0.400. The first kappa shape index (κ1) is 16.2. The summed E-state index contributed by atoms with van der Waals surface area (Å²) < 4.78 is 58.8. The lowest BCUT2D eigenvalue weighted by Crippen LogP contribution is -2.19. The highest BCUT2D eigenvalue weighted by molar-refractivity contribution is 7.89. The fourth-order valence-electron chi connectivity index (χ4n) is 1.32. The smallest absolute Gasteiger partial charge is 0.369 e. The summed E-state index contributed by atoms with van der Waals surface area (Å²) in [6, 6.07) is 3.40. The van der Waals surface area contributed by atoms with Crippen LogP contribution in [0.25, 0.3) is 0 Å². The van der Waals surface area contributed by atoms with Crippen LogP contribution in [-0.4, -0.2) is 25.7 Å². The lowest BCUT2D eigenvalue weighted by atomic mass is 10.2. The second-order valence-corrected chi connectivity index (χ2v) is 5.58. The molecule has 0 aliphatic heterocycles. The van der Waals surface area contributed by atoms with Crippen LogP contribution in [0.1, 0.15) is 17.7 Å². The molecule has 0 spiro atoms. The van der Waals surface area contributed by atoms with Crippen molar-refractivity contribution in [2.75, 3.05) is 17.6 Å². The van der Waals surface area contributed by atoms with Crippen LogP contribution >= 0.6 is 0 Å². The van der Waals surface area contributed by atoms with Gasteiger partial charge in [0, 0.05) is 6.54 Å². The second-order valence-electron chi connectivity index (χ2n) is 3.85. The highest BCUT2D eigenvalue weighted by Gasteiger charge is 2.33. The number of halogens is 3. The fourth-order valence-corrected chi connectivity index (χ4v) is 1.87. The van der Waals surface area contributed by atoms with Crippen LogP contribution in [0.4, 0.5) is 19.0 Å². The first-order valence-corrected chi connectivity index (χ1v) is 7.08. The molecule has 1 rings (SSSR count). The molecule has 110 valence electrons. The Hall–Kier alpha value is -1.86. The van der Waals surface area contributed by atoms with E-state index in [4.69, 9.17) is 10.4 Å². The molecule has 0 saturated heterocycles. The van der Waals surface area contributed by atoms with Crippen LogP contribution in [0.5, 0.6) is 0 Å². The lowest BCUT2D eigenvalue weighted by Gasteiger charge is -2.10. The van der Waals surface area contributed by atoms with Crippen molar-refractivity contribution in [3.8, 4) is 6.07 Å². The van der Waals surface area contributed by atoms with Gasteiger partial charge in [-0.05, 0) is 18.6 Å². The van der Waals surface area contributed by atoms with Crippen LogP contribution in [0.2, 0.25) is 0 Å². The molecule has 0 fully saturated rings. The zero-order valence-corrected chi connectivity index (χ0v) is 10.9. The van der Waals surface area contributed by atoms with Crippen molar-refractivity contribution < 1.29 is 21.6 Å². The van der Waals surface area contributed by atoms with Crippen molar-refractivity contribution in [1.29, 1.82) is 5.26 Å². The molecular weight excluding hydrogens is 297 g/mol. The van der Waals surface area contributed by atoms with E-state index in [0.717, 1.165) is 6.07 Å². The van der Waals surface area contributed by atoms with Crippen LogP contribution in [0.3, 0.4) is 0 Å². The number of nitrogens with zero attached hydrogens (tertiary/aromatic N) is 2. The molecule has 0 radical (unpaired) electrons. The van der Waals surface area contributed by atoms with E-state index in [1.807, 2.05) is 0 Å². The number of rotatable bonds is 5. The minimum Gasteiger partial charge on any atom is -0.369 e. The van der Waals surface area contributed by atoms with Gasteiger partial charge in [-0.25, -0.2) is 18.5 Å². The number of aromatic nitrogens is 1. The molecule has 0 aliphatic carbocycles. The molecule has 20 heavy (non-hydrogen) atoms. The van der Waals surface area contributed by atoms with E-state index < -0.39 is 21.9 Å². The van der Waals surface area contributed by atoms with Crippen molar-refractivity contribution in [1.82, 2.24) is 4.98 Å². The van der Waals surface area contributed by atoms with E-state index in [0.29, 0.717) is 6.07 Å². The van der Waals surface area contributed by atoms with Gasteiger partial charge < -0.3 is 5.32 Å². The molecule has 0 unspecified atom stereocenters. The third kappa shape index (κ3) is 5.02. The summed E-state index contributed by atoms with van der Waals surface area (Å²) in [6.07, 6.45) is -4.54.